The lowest BCUT2D eigenvalue weighted by molar-refractivity contribution is -0.703. The Hall–Kier alpha value is -3.70. The van der Waals surface area contributed by atoms with E-state index >= 15 is 0 Å². The van der Waals surface area contributed by atoms with E-state index in [0.717, 1.165) is 5.39 Å². The first-order valence-electron chi connectivity index (χ1n) is 10.0. The summed E-state index contributed by atoms with van der Waals surface area (Å²) >= 11 is 0. The van der Waals surface area contributed by atoms with Crippen LogP contribution < -0.4 is 10.9 Å². The standard InChI is InChI=1S/C25H21N3O2/c1-16-11-13-18(14-12-16)22(17-7-3-2-4-8-17)26-15-21-27-23-19-9-5-6-10-20(19)30-24(23)25(29)28-21/h2-14,22,26H,15H2,1H3,(H,27,28,29)/p+1/t22-/m1/s1. The van der Waals surface area contributed by atoms with E-state index in [1.165, 1.54) is 16.7 Å². The number of benzene rings is 3. The number of hydrogen-bond donors (Lipinski definition) is 2. The van der Waals surface area contributed by atoms with Gasteiger partial charge in [-0.25, -0.2) is 4.98 Å². The van der Waals surface area contributed by atoms with Crippen molar-refractivity contribution in [3.05, 3.63) is 112 Å². The Morgan fingerprint density at radius 3 is 2.43 bits per heavy atom. The first kappa shape index (κ1) is 18.3. The molecule has 0 aliphatic rings. The number of quaternary nitrogens is 1. The van der Waals surface area contributed by atoms with E-state index in [1.807, 2.05) is 42.5 Å². The second kappa shape index (κ2) is 7.61. The summed E-state index contributed by atoms with van der Waals surface area (Å²) in [7, 11) is 0. The number of hydrogen-bond acceptors (Lipinski definition) is 3. The number of nitrogens with zero attached hydrogens (tertiary/aromatic N) is 1. The highest BCUT2D eigenvalue weighted by atomic mass is 16.3. The van der Waals surface area contributed by atoms with Gasteiger partial charge in [0, 0.05) is 16.5 Å². The lowest BCUT2D eigenvalue weighted by Crippen LogP contribution is -2.84. The van der Waals surface area contributed by atoms with Gasteiger partial charge >= 0.3 is 0 Å². The summed E-state index contributed by atoms with van der Waals surface area (Å²) in [5, 5.41) is 3.06. The van der Waals surface area contributed by atoms with Gasteiger partial charge in [-0.15, -0.1) is 0 Å². The molecule has 148 valence electrons. The number of aromatic amines is 1. The summed E-state index contributed by atoms with van der Waals surface area (Å²) in [4.78, 5) is 20.2. The monoisotopic (exact) mass is 396 g/mol. The van der Waals surface area contributed by atoms with Crippen LogP contribution in [-0.2, 0) is 6.54 Å². The summed E-state index contributed by atoms with van der Waals surface area (Å²) in [5.41, 5.74) is 4.97. The summed E-state index contributed by atoms with van der Waals surface area (Å²) in [6, 6.07) is 26.7. The van der Waals surface area contributed by atoms with Gasteiger partial charge in [-0.1, -0.05) is 72.3 Å². The Balaban J connectivity index is 1.50. The Labute approximate surface area is 173 Å². The van der Waals surface area contributed by atoms with Crippen LogP contribution in [0, 0.1) is 6.92 Å². The normalized spacial score (nSPS) is 12.4. The highest BCUT2D eigenvalue weighted by molar-refractivity contribution is 6.01. The van der Waals surface area contributed by atoms with Crippen LogP contribution in [0.15, 0.2) is 88.1 Å². The fourth-order valence-corrected chi connectivity index (χ4v) is 3.87. The third-order valence-corrected chi connectivity index (χ3v) is 5.42. The van der Waals surface area contributed by atoms with Crippen molar-refractivity contribution in [2.45, 2.75) is 19.5 Å². The van der Waals surface area contributed by atoms with Crippen LogP contribution in [0.2, 0.25) is 0 Å². The zero-order valence-electron chi connectivity index (χ0n) is 16.6. The molecule has 5 nitrogen and oxygen atoms in total. The van der Waals surface area contributed by atoms with Gasteiger partial charge < -0.3 is 14.7 Å². The van der Waals surface area contributed by atoms with Gasteiger partial charge in [0.05, 0.1) is 0 Å². The summed E-state index contributed by atoms with van der Waals surface area (Å²) in [6.07, 6.45) is 0. The second-order valence-electron chi connectivity index (χ2n) is 7.53. The van der Waals surface area contributed by atoms with Crippen LogP contribution >= 0.6 is 0 Å². The Bertz CT molecular complexity index is 1370. The predicted molar refractivity (Wildman–Crippen MR) is 117 cm³/mol. The van der Waals surface area contributed by atoms with Gasteiger partial charge in [0.15, 0.2) is 5.82 Å². The third kappa shape index (κ3) is 3.40. The molecule has 0 spiro atoms. The van der Waals surface area contributed by atoms with Gasteiger partial charge in [-0.3, -0.25) is 4.79 Å². The van der Waals surface area contributed by atoms with Crippen molar-refractivity contribution < 1.29 is 9.73 Å². The molecule has 0 fully saturated rings. The number of rotatable bonds is 5. The van der Waals surface area contributed by atoms with E-state index in [4.69, 9.17) is 9.40 Å². The van der Waals surface area contributed by atoms with Gasteiger partial charge in [0.25, 0.3) is 5.56 Å². The molecule has 0 aliphatic heterocycles. The molecule has 0 bridgehead atoms. The number of furan rings is 1. The van der Waals surface area contributed by atoms with Crippen molar-refractivity contribution in [2.75, 3.05) is 0 Å². The zero-order chi connectivity index (χ0) is 20.5. The number of para-hydroxylation sites is 1. The molecule has 0 radical (unpaired) electrons. The van der Waals surface area contributed by atoms with Crippen molar-refractivity contribution in [3.63, 3.8) is 0 Å². The van der Waals surface area contributed by atoms with Crippen LogP contribution in [0.4, 0.5) is 0 Å². The summed E-state index contributed by atoms with van der Waals surface area (Å²) < 4.78 is 5.70. The average molecular weight is 396 g/mol. The number of fused-ring (bicyclic) bond motifs is 3. The Morgan fingerprint density at radius 2 is 1.63 bits per heavy atom. The largest absolute Gasteiger partial charge is 0.449 e. The van der Waals surface area contributed by atoms with Crippen LogP contribution in [0.25, 0.3) is 22.1 Å². The van der Waals surface area contributed by atoms with Gasteiger partial charge in [-0.05, 0) is 19.1 Å². The quantitative estimate of drug-likeness (QED) is 0.474. The van der Waals surface area contributed by atoms with Crippen molar-refractivity contribution >= 4 is 22.1 Å². The van der Waals surface area contributed by atoms with E-state index in [0.29, 0.717) is 23.5 Å². The minimum Gasteiger partial charge on any atom is -0.449 e. The zero-order valence-corrected chi connectivity index (χ0v) is 16.6. The molecule has 3 N–H and O–H groups in total. The average Bonchev–Trinajstić information content (AvgIpc) is 3.15. The Kier molecular flexibility index (Phi) is 4.65. The Morgan fingerprint density at radius 1 is 0.933 bits per heavy atom. The van der Waals surface area contributed by atoms with E-state index in [9.17, 15) is 4.79 Å². The second-order valence-corrected chi connectivity index (χ2v) is 7.53. The van der Waals surface area contributed by atoms with Crippen LogP contribution in [0.1, 0.15) is 28.6 Å². The van der Waals surface area contributed by atoms with Crippen molar-refractivity contribution in [1.82, 2.24) is 9.97 Å². The number of nitrogens with two attached hydrogens (primary N) is 1. The molecule has 3 aromatic carbocycles. The molecular weight excluding hydrogens is 374 g/mol. The number of H-pyrrole nitrogens is 1. The molecule has 5 aromatic rings. The molecule has 0 unspecified atom stereocenters. The highest BCUT2D eigenvalue weighted by Gasteiger charge is 2.19. The molecule has 0 saturated carbocycles. The predicted octanol–water partition coefficient (Wildman–Crippen LogP) is 3.83. The van der Waals surface area contributed by atoms with Crippen molar-refractivity contribution in [3.8, 4) is 0 Å². The van der Waals surface area contributed by atoms with Crippen LogP contribution in [0.3, 0.4) is 0 Å². The number of aromatic nitrogens is 2. The maximum atomic E-state index is 12.6. The molecule has 0 aliphatic carbocycles. The first-order chi connectivity index (χ1) is 14.7. The van der Waals surface area contributed by atoms with E-state index < -0.39 is 0 Å². The first-order valence-corrected chi connectivity index (χ1v) is 10.0. The topological polar surface area (TPSA) is 75.5 Å². The molecule has 2 aromatic heterocycles. The minimum absolute atomic E-state index is 0.105. The molecule has 5 rings (SSSR count). The van der Waals surface area contributed by atoms with Gasteiger partial charge in [0.1, 0.15) is 23.7 Å². The molecule has 5 heteroatoms. The SMILES string of the molecule is Cc1ccc([C@H]([NH2+]Cc2nc3c(oc4ccccc43)c(=O)[nH]2)c2ccccc2)cc1. The third-order valence-electron chi connectivity index (χ3n) is 5.42. The molecule has 30 heavy (non-hydrogen) atoms. The van der Waals surface area contributed by atoms with E-state index in [2.05, 4.69) is 53.6 Å². The van der Waals surface area contributed by atoms with Crippen LogP contribution in [-0.4, -0.2) is 9.97 Å². The molecular formula is C25H22N3O2+. The number of aryl methyl sites for hydroxylation is 1. The van der Waals surface area contributed by atoms with Crippen molar-refractivity contribution in [1.29, 1.82) is 0 Å². The maximum Gasteiger partial charge on any atom is 0.294 e. The molecule has 2 heterocycles. The van der Waals surface area contributed by atoms with Crippen molar-refractivity contribution in [2.24, 2.45) is 0 Å². The highest BCUT2D eigenvalue weighted by Crippen LogP contribution is 2.24. The van der Waals surface area contributed by atoms with Gasteiger partial charge in [-0.2, -0.15) is 0 Å². The van der Waals surface area contributed by atoms with E-state index in [-0.39, 0.29) is 17.2 Å². The number of nitrogens with one attached hydrogen (secondary N) is 1. The summed E-state index contributed by atoms with van der Waals surface area (Å²) in [6.45, 7) is 2.63. The van der Waals surface area contributed by atoms with Crippen LogP contribution in [0.5, 0.6) is 0 Å². The molecule has 0 saturated heterocycles. The lowest BCUT2D eigenvalue weighted by Gasteiger charge is -2.16. The fraction of sp³-hybridized carbons (Fsp3) is 0.120. The molecule has 1 atom stereocenters. The smallest absolute Gasteiger partial charge is 0.294 e. The summed E-state index contributed by atoms with van der Waals surface area (Å²) in [5.74, 6) is 0.632. The maximum absolute atomic E-state index is 12.6. The van der Waals surface area contributed by atoms with E-state index in [1.54, 1.807) is 0 Å². The fourth-order valence-electron chi connectivity index (χ4n) is 3.87. The molecule has 0 amide bonds. The van der Waals surface area contributed by atoms with Gasteiger partial charge in [0.2, 0.25) is 5.58 Å². The minimum atomic E-state index is -0.244. The lowest BCUT2D eigenvalue weighted by atomic mass is 9.98.